The molecule has 0 radical (unpaired) electrons. The van der Waals surface area contributed by atoms with Gasteiger partial charge in [0.05, 0.1) is 10.6 Å². The van der Waals surface area contributed by atoms with Crippen molar-refractivity contribution >= 4 is 21.4 Å². The van der Waals surface area contributed by atoms with Crippen molar-refractivity contribution in [3.63, 3.8) is 0 Å². The predicted molar refractivity (Wildman–Crippen MR) is 105 cm³/mol. The summed E-state index contributed by atoms with van der Waals surface area (Å²) in [6, 6.07) is 9.30. The predicted octanol–water partition coefficient (Wildman–Crippen LogP) is 3.65. The lowest BCUT2D eigenvalue weighted by molar-refractivity contribution is 0.581. The van der Waals surface area contributed by atoms with Crippen LogP contribution in [0.4, 0.5) is 0 Å². The zero-order valence-electron chi connectivity index (χ0n) is 15.0. The molecule has 1 aromatic carbocycles. The van der Waals surface area contributed by atoms with Gasteiger partial charge in [-0.2, -0.15) is 0 Å². The van der Waals surface area contributed by atoms with Crippen LogP contribution in [0.1, 0.15) is 21.7 Å². The summed E-state index contributed by atoms with van der Waals surface area (Å²) in [5.41, 5.74) is 3.58. The van der Waals surface area contributed by atoms with Crippen LogP contribution in [0.15, 0.2) is 47.6 Å². The Kier molecular flexibility index (Phi) is 5.50. The van der Waals surface area contributed by atoms with Gasteiger partial charge in [-0.25, -0.2) is 18.1 Å². The Balaban J connectivity index is 1.70. The minimum Gasteiger partial charge on any atom is -0.264 e. The Bertz CT molecular complexity index is 1010. The van der Waals surface area contributed by atoms with Gasteiger partial charge in [0, 0.05) is 29.4 Å². The summed E-state index contributed by atoms with van der Waals surface area (Å²) in [5, 5.41) is 0.906. The summed E-state index contributed by atoms with van der Waals surface area (Å²) in [7, 11) is -3.52. The number of rotatable bonds is 6. The van der Waals surface area contributed by atoms with Gasteiger partial charge in [-0.1, -0.05) is 12.1 Å². The van der Waals surface area contributed by atoms with E-state index < -0.39 is 10.0 Å². The Labute approximate surface area is 158 Å². The minimum atomic E-state index is -3.52. The molecular formula is C19H21N3O2S2. The molecule has 0 aliphatic carbocycles. The second kappa shape index (κ2) is 7.65. The largest absolute Gasteiger partial charge is 0.264 e. The Morgan fingerprint density at radius 1 is 1.15 bits per heavy atom. The van der Waals surface area contributed by atoms with Crippen molar-refractivity contribution < 1.29 is 8.42 Å². The van der Waals surface area contributed by atoms with E-state index in [2.05, 4.69) is 14.7 Å². The number of hydrogen-bond donors (Lipinski definition) is 1. The normalized spacial score (nSPS) is 11.7. The molecule has 0 unspecified atom stereocenters. The average Bonchev–Trinajstić information content (AvgIpc) is 2.98. The molecule has 26 heavy (non-hydrogen) atoms. The molecule has 3 aromatic rings. The molecule has 0 amide bonds. The second-order valence-electron chi connectivity index (χ2n) is 6.19. The Hall–Kier alpha value is -2.09. The van der Waals surface area contributed by atoms with Gasteiger partial charge in [0.1, 0.15) is 5.01 Å². The fraction of sp³-hybridized carbons (Fsp3) is 0.263. The van der Waals surface area contributed by atoms with Crippen LogP contribution in [0.25, 0.3) is 10.6 Å². The molecule has 0 aliphatic rings. The highest BCUT2D eigenvalue weighted by Gasteiger charge is 2.17. The van der Waals surface area contributed by atoms with E-state index in [0.717, 1.165) is 32.3 Å². The monoisotopic (exact) mass is 387 g/mol. The van der Waals surface area contributed by atoms with E-state index in [0.29, 0.717) is 17.9 Å². The van der Waals surface area contributed by atoms with Crippen LogP contribution in [0.2, 0.25) is 0 Å². The molecule has 136 valence electrons. The van der Waals surface area contributed by atoms with Gasteiger partial charge in [0.2, 0.25) is 10.0 Å². The van der Waals surface area contributed by atoms with E-state index in [4.69, 9.17) is 0 Å². The quantitative estimate of drug-likeness (QED) is 0.701. The molecule has 7 heteroatoms. The van der Waals surface area contributed by atoms with Crippen molar-refractivity contribution in [2.75, 3.05) is 6.54 Å². The molecule has 5 nitrogen and oxygen atoms in total. The maximum Gasteiger partial charge on any atom is 0.240 e. The smallest absolute Gasteiger partial charge is 0.240 e. The molecule has 0 saturated heterocycles. The highest BCUT2D eigenvalue weighted by molar-refractivity contribution is 7.89. The van der Waals surface area contributed by atoms with Crippen LogP contribution >= 0.6 is 11.3 Å². The summed E-state index contributed by atoms with van der Waals surface area (Å²) in [6.07, 6.45) is 4.12. The first kappa shape index (κ1) is 18.7. The molecule has 0 saturated carbocycles. The number of benzene rings is 1. The van der Waals surface area contributed by atoms with E-state index in [-0.39, 0.29) is 0 Å². The zero-order valence-corrected chi connectivity index (χ0v) is 16.6. The number of nitrogens with zero attached hydrogens (tertiary/aromatic N) is 2. The number of pyridine rings is 1. The van der Waals surface area contributed by atoms with Crippen LogP contribution in [0, 0.1) is 20.8 Å². The van der Waals surface area contributed by atoms with Gasteiger partial charge in [-0.05, 0) is 56.5 Å². The molecular weight excluding hydrogens is 366 g/mol. The summed E-state index contributed by atoms with van der Waals surface area (Å²) in [4.78, 5) is 10.1. The third-order valence-electron chi connectivity index (χ3n) is 4.08. The number of thiazole rings is 1. The summed E-state index contributed by atoms with van der Waals surface area (Å²) >= 11 is 1.58. The number of hydrogen-bond acceptors (Lipinski definition) is 5. The maximum atomic E-state index is 12.6. The average molecular weight is 388 g/mol. The van der Waals surface area contributed by atoms with E-state index >= 15 is 0 Å². The van der Waals surface area contributed by atoms with E-state index in [1.165, 1.54) is 0 Å². The van der Waals surface area contributed by atoms with E-state index in [9.17, 15) is 8.42 Å². The van der Waals surface area contributed by atoms with Crippen molar-refractivity contribution in [2.45, 2.75) is 32.1 Å². The van der Waals surface area contributed by atoms with E-state index in [1.54, 1.807) is 29.8 Å². The zero-order chi connectivity index (χ0) is 18.7. The van der Waals surface area contributed by atoms with Crippen molar-refractivity contribution in [1.29, 1.82) is 0 Å². The van der Waals surface area contributed by atoms with Gasteiger partial charge in [-0.15, -0.1) is 11.3 Å². The number of sulfonamides is 1. The van der Waals surface area contributed by atoms with Crippen LogP contribution < -0.4 is 4.72 Å². The summed E-state index contributed by atoms with van der Waals surface area (Å²) in [5.74, 6) is 0. The molecule has 0 aliphatic heterocycles. The molecule has 3 rings (SSSR count). The van der Waals surface area contributed by atoms with Crippen molar-refractivity contribution in [3.05, 3.63) is 64.4 Å². The van der Waals surface area contributed by atoms with Crippen molar-refractivity contribution in [2.24, 2.45) is 0 Å². The number of aryl methyl sites for hydroxylation is 3. The lowest BCUT2D eigenvalue weighted by Gasteiger charge is -2.10. The number of aromatic nitrogens is 2. The summed E-state index contributed by atoms with van der Waals surface area (Å²) in [6.45, 7) is 5.98. The van der Waals surface area contributed by atoms with Gasteiger partial charge < -0.3 is 0 Å². The standard InChI is InChI=1S/C19H21N3O2S2/c1-13-6-7-14(2)18(11-13)26(23,24)21-10-8-17-15(3)22-19(25-17)16-5-4-9-20-12-16/h4-7,9,11-12,21H,8,10H2,1-3H3. The lowest BCUT2D eigenvalue weighted by Crippen LogP contribution is -2.26. The van der Waals surface area contributed by atoms with Crippen LogP contribution in [0.5, 0.6) is 0 Å². The molecule has 0 bridgehead atoms. The highest BCUT2D eigenvalue weighted by atomic mass is 32.2. The molecule has 2 heterocycles. The second-order valence-corrected chi connectivity index (χ2v) is 9.01. The van der Waals surface area contributed by atoms with Crippen molar-refractivity contribution in [1.82, 2.24) is 14.7 Å². The first-order valence-corrected chi connectivity index (χ1v) is 10.6. The molecule has 0 fully saturated rings. The molecule has 2 aromatic heterocycles. The van der Waals surface area contributed by atoms with Crippen LogP contribution in [-0.4, -0.2) is 24.9 Å². The van der Waals surface area contributed by atoms with Gasteiger partial charge in [-0.3, -0.25) is 4.98 Å². The van der Waals surface area contributed by atoms with Gasteiger partial charge >= 0.3 is 0 Å². The lowest BCUT2D eigenvalue weighted by atomic mass is 10.2. The molecule has 0 atom stereocenters. The summed E-state index contributed by atoms with van der Waals surface area (Å²) < 4.78 is 27.9. The van der Waals surface area contributed by atoms with Gasteiger partial charge in [0.15, 0.2) is 0 Å². The highest BCUT2D eigenvalue weighted by Crippen LogP contribution is 2.27. The van der Waals surface area contributed by atoms with Crippen LogP contribution in [-0.2, 0) is 16.4 Å². The fourth-order valence-electron chi connectivity index (χ4n) is 2.65. The minimum absolute atomic E-state index is 0.339. The number of nitrogens with one attached hydrogen (secondary N) is 1. The first-order valence-electron chi connectivity index (χ1n) is 8.30. The maximum absolute atomic E-state index is 12.6. The third kappa shape index (κ3) is 4.17. The molecule has 1 N–H and O–H groups in total. The first-order chi connectivity index (χ1) is 12.4. The topological polar surface area (TPSA) is 72.0 Å². The third-order valence-corrected chi connectivity index (χ3v) is 6.95. The van der Waals surface area contributed by atoms with E-state index in [1.807, 2.05) is 45.0 Å². The Morgan fingerprint density at radius 2 is 1.96 bits per heavy atom. The van der Waals surface area contributed by atoms with Crippen LogP contribution in [0.3, 0.4) is 0 Å². The van der Waals surface area contributed by atoms with Crippen molar-refractivity contribution in [3.8, 4) is 10.6 Å². The molecule has 0 spiro atoms. The fourth-order valence-corrected chi connectivity index (χ4v) is 5.06. The SMILES string of the molecule is Cc1ccc(C)c(S(=O)(=O)NCCc2sc(-c3cccnc3)nc2C)c1. The Morgan fingerprint density at radius 3 is 2.69 bits per heavy atom. The van der Waals surface area contributed by atoms with Gasteiger partial charge in [0.25, 0.3) is 0 Å².